The third-order valence-corrected chi connectivity index (χ3v) is 13.4. The van der Waals surface area contributed by atoms with Gasteiger partial charge in [0.1, 0.15) is 29.0 Å². The van der Waals surface area contributed by atoms with Gasteiger partial charge >= 0.3 is 5.97 Å². The molecule has 3 heterocycles. The standard InChI is InChI=1S/C43H83N3O11/c1-18-31-42(14,50)35(48)24(2)22-44-25(3)20-40(11,12)36(57-38-33(47)30(46(15)16)19-26(4)53-38)27(5)34(28(6)37(49)55-31)56-32-21-41(13,52-17)43(51,29(7)54-32)23-45-39(8,9)10/h24-36,38,44-45,47-48,50-51H,18-23H2,1-17H3/t24-,25+,26+,27-,28+,29-,30-,31+,32+,33+,34+,35+,36+,38-,41-,42+,43+/m0/s1. The van der Waals surface area contributed by atoms with E-state index in [0.29, 0.717) is 19.4 Å². The van der Waals surface area contributed by atoms with E-state index in [2.05, 4.69) is 31.4 Å². The number of hydrogen-bond acceptors (Lipinski definition) is 14. The molecular formula is C43H83N3O11. The Balaban J connectivity index is 2.17. The molecule has 0 unspecified atom stereocenters. The molecule has 0 bridgehead atoms. The lowest BCUT2D eigenvalue weighted by atomic mass is 9.72. The Labute approximate surface area is 344 Å². The van der Waals surface area contributed by atoms with Crippen LogP contribution < -0.4 is 10.6 Å². The molecule has 3 fully saturated rings. The summed E-state index contributed by atoms with van der Waals surface area (Å²) in [6, 6.07) is -0.266. The molecule has 0 spiro atoms. The number of rotatable bonds is 9. The van der Waals surface area contributed by atoms with Gasteiger partial charge in [0, 0.05) is 50.2 Å². The summed E-state index contributed by atoms with van der Waals surface area (Å²) < 4.78 is 39.0. The minimum Gasteiger partial charge on any atom is -0.459 e. The van der Waals surface area contributed by atoms with Crippen LogP contribution in [0.25, 0.3) is 0 Å². The van der Waals surface area contributed by atoms with Gasteiger partial charge in [-0.05, 0) is 107 Å². The van der Waals surface area contributed by atoms with Crippen LogP contribution in [-0.4, -0.2) is 155 Å². The fraction of sp³-hybridized carbons (Fsp3) is 0.977. The maximum absolute atomic E-state index is 14.4. The fourth-order valence-electron chi connectivity index (χ4n) is 9.49. The molecule has 336 valence electrons. The zero-order valence-corrected chi connectivity index (χ0v) is 38.4. The first-order chi connectivity index (χ1) is 26.0. The van der Waals surface area contributed by atoms with E-state index in [0.717, 1.165) is 0 Å². The van der Waals surface area contributed by atoms with Gasteiger partial charge in [0.25, 0.3) is 0 Å². The summed E-state index contributed by atoms with van der Waals surface area (Å²) in [5.41, 5.74) is -5.18. The van der Waals surface area contributed by atoms with E-state index >= 15 is 0 Å². The second-order valence-electron chi connectivity index (χ2n) is 20.2. The monoisotopic (exact) mass is 818 g/mol. The van der Waals surface area contributed by atoms with Crippen LogP contribution in [-0.2, 0) is 33.2 Å². The molecule has 17 atom stereocenters. The molecule has 14 heteroatoms. The predicted octanol–water partition coefficient (Wildman–Crippen LogP) is 3.59. The second kappa shape index (κ2) is 19.4. The highest BCUT2D eigenvalue weighted by atomic mass is 16.7. The second-order valence-corrected chi connectivity index (χ2v) is 20.2. The number of nitrogens with zero attached hydrogens (tertiary/aromatic N) is 1. The molecule has 0 aliphatic carbocycles. The van der Waals surface area contributed by atoms with Crippen molar-refractivity contribution in [3.8, 4) is 0 Å². The van der Waals surface area contributed by atoms with Gasteiger partial charge in [-0.2, -0.15) is 0 Å². The largest absolute Gasteiger partial charge is 0.459 e. The number of carbonyl (C=O) groups is 1. The number of likely N-dealkylation sites (N-methyl/N-ethyl adjacent to an activating group) is 1. The Morgan fingerprint density at radius 2 is 1.58 bits per heavy atom. The normalized spacial score (nSPS) is 45.9. The molecule has 0 aromatic rings. The lowest BCUT2D eigenvalue weighted by Crippen LogP contribution is -2.71. The van der Waals surface area contributed by atoms with Crippen LogP contribution >= 0.6 is 0 Å². The van der Waals surface area contributed by atoms with E-state index in [4.69, 9.17) is 28.4 Å². The molecule has 3 aliphatic rings. The number of cyclic esters (lactones) is 1. The Kier molecular flexibility index (Phi) is 17.1. The minimum atomic E-state index is -1.75. The van der Waals surface area contributed by atoms with Crippen molar-refractivity contribution in [2.45, 2.75) is 212 Å². The molecule has 3 aliphatic heterocycles. The molecule has 0 amide bonds. The predicted molar refractivity (Wildman–Crippen MR) is 219 cm³/mol. The molecule has 6 N–H and O–H groups in total. The summed E-state index contributed by atoms with van der Waals surface area (Å²) in [6.45, 7) is 27.5. The van der Waals surface area contributed by atoms with Crippen LogP contribution in [0.3, 0.4) is 0 Å². The molecule has 57 heavy (non-hydrogen) atoms. The summed E-state index contributed by atoms with van der Waals surface area (Å²) >= 11 is 0. The van der Waals surface area contributed by atoms with E-state index in [1.165, 1.54) is 6.92 Å². The highest BCUT2D eigenvalue weighted by Crippen LogP contribution is 2.44. The third-order valence-electron chi connectivity index (χ3n) is 13.4. The number of aliphatic hydroxyl groups excluding tert-OH is 2. The molecule has 3 saturated heterocycles. The van der Waals surface area contributed by atoms with Crippen LogP contribution in [0, 0.1) is 23.2 Å². The lowest BCUT2D eigenvalue weighted by Gasteiger charge is -2.54. The summed E-state index contributed by atoms with van der Waals surface area (Å²) in [6.07, 6.45) is -5.89. The summed E-state index contributed by atoms with van der Waals surface area (Å²) in [5.74, 6) is -2.46. The van der Waals surface area contributed by atoms with Crippen molar-refractivity contribution in [3.05, 3.63) is 0 Å². The average molecular weight is 818 g/mol. The summed E-state index contributed by atoms with van der Waals surface area (Å²) in [7, 11) is 5.43. The molecule has 3 rings (SSSR count). The SMILES string of the molecule is CC[C@H]1OC(=O)[C@H](C)[C@H](O[C@@H]2C[C@](C)(OC)[C@@](O)(CNC(C)(C)C)[C@H](C)O2)[C@H](C)[C@@H](O[C@@H]2O[C@H](C)C[C@H](N(C)C)[C@H]2O)C(C)(C)C[C@@H](C)NC[C@H](C)[C@@H](O)[C@]1(C)O. The number of nitrogens with one attached hydrogen (secondary N) is 2. The zero-order chi connectivity index (χ0) is 43.6. The number of aliphatic hydroxyl groups is 4. The van der Waals surface area contributed by atoms with Crippen molar-refractivity contribution in [1.29, 1.82) is 0 Å². The first-order valence-corrected chi connectivity index (χ1v) is 21.4. The van der Waals surface area contributed by atoms with E-state index in [1.807, 2.05) is 74.4 Å². The van der Waals surface area contributed by atoms with Gasteiger partial charge < -0.3 is 64.4 Å². The number of hydrogen-bond donors (Lipinski definition) is 6. The number of carbonyl (C=O) groups excluding carboxylic acids is 1. The Morgan fingerprint density at radius 3 is 2.12 bits per heavy atom. The molecule has 0 aromatic carbocycles. The van der Waals surface area contributed by atoms with Gasteiger partial charge in [-0.3, -0.25) is 4.79 Å². The summed E-state index contributed by atoms with van der Waals surface area (Å²) in [4.78, 5) is 16.4. The number of methoxy groups -OCH3 is 1. The smallest absolute Gasteiger partial charge is 0.311 e. The van der Waals surface area contributed by atoms with Crippen molar-refractivity contribution in [2.24, 2.45) is 23.2 Å². The number of esters is 1. The van der Waals surface area contributed by atoms with Crippen LogP contribution in [0.15, 0.2) is 0 Å². The van der Waals surface area contributed by atoms with Gasteiger partial charge in [-0.25, -0.2) is 0 Å². The Hall–Kier alpha value is -1.01. The maximum atomic E-state index is 14.4. The van der Waals surface area contributed by atoms with E-state index in [1.54, 1.807) is 21.0 Å². The molecular weight excluding hydrogens is 734 g/mol. The van der Waals surface area contributed by atoms with Crippen LogP contribution in [0.1, 0.15) is 123 Å². The quantitative estimate of drug-likeness (QED) is 0.186. The molecule has 0 saturated carbocycles. The van der Waals surface area contributed by atoms with E-state index < -0.39 is 89.2 Å². The van der Waals surface area contributed by atoms with Crippen molar-refractivity contribution in [3.63, 3.8) is 0 Å². The molecule has 0 aromatic heterocycles. The topological polar surface area (TPSA) is 181 Å². The number of ether oxygens (including phenoxy) is 6. The first kappa shape index (κ1) is 50.3. The van der Waals surface area contributed by atoms with E-state index in [9.17, 15) is 25.2 Å². The van der Waals surface area contributed by atoms with Crippen molar-refractivity contribution < 1.29 is 53.6 Å². The van der Waals surface area contributed by atoms with Crippen LogP contribution in [0.5, 0.6) is 0 Å². The van der Waals surface area contributed by atoms with Crippen molar-refractivity contribution in [1.82, 2.24) is 15.5 Å². The van der Waals surface area contributed by atoms with E-state index in [-0.39, 0.29) is 49.0 Å². The van der Waals surface area contributed by atoms with Gasteiger partial charge in [0.15, 0.2) is 12.6 Å². The van der Waals surface area contributed by atoms with Crippen LogP contribution in [0.2, 0.25) is 0 Å². The highest BCUT2D eigenvalue weighted by Gasteiger charge is 2.58. The summed E-state index contributed by atoms with van der Waals surface area (Å²) in [5, 5.41) is 54.0. The van der Waals surface area contributed by atoms with Gasteiger partial charge in [-0.15, -0.1) is 0 Å². The average Bonchev–Trinajstić information content (AvgIpc) is 3.11. The zero-order valence-electron chi connectivity index (χ0n) is 38.4. The van der Waals surface area contributed by atoms with Crippen molar-refractivity contribution >= 4 is 5.97 Å². The van der Waals surface area contributed by atoms with Crippen molar-refractivity contribution in [2.75, 3.05) is 34.3 Å². The first-order valence-electron chi connectivity index (χ1n) is 21.4. The van der Waals surface area contributed by atoms with Gasteiger partial charge in [-0.1, -0.05) is 34.6 Å². The Bertz CT molecular complexity index is 1280. The van der Waals surface area contributed by atoms with Gasteiger partial charge in [0.05, 0.1) is 36.4 Å². The minimum absolute atomic E-state index is 0.0605. The maximum Gasteiger partial charge on any atom is 0.311 e. The lowest BCUT2D eigenvalue weighted by molar-refractivity contribution is -0.335. The fourth-order valence-corrected chi connectivity index (χ4v) is 9.49. The van der Waals surface area contributed by atoms with Gasteiger partial charge in [0.2, 0.25) is 0 Å². The molecule has 14 nitrogen and oxygen atoms in total. The Morgan fingerprint density at radius 1 is 0.965 bits per heavy atom. The number of β-amino-alcohol motifs (C(OH)–C–C–N with tert-alkyl or cyclic N) is 1. The molecule has 0 radical (unpaired) electrons. The highest BCUT2D eigenvalue weighted by molar-refractivity contribution is 5.73. The third kappa shape index (κ3) is 11.7. The van der Waals surface area contributed by atoms with Crippen LogP contribution in [0.4, 0.5) is 0 Å².